The summed E-state index contributed by atoms with van der Waals surface area (Å²) < 4.78 is 6.75. The number of carbonyl (C=O) groups excluding carboxylic acids is 3. The minimum atomic E-state index is -1.22. The van der Waals surface area contributed by atoms with Crippen molar-refractivity contribution in [1.82, 2.24) is 4.90 Å². The molecule has 6 atom stereocenters. The van der Waals surface area contributed by atoms with Crippen molar-refractivity contribution in [3.05, 3.63) is 90.5 Å². The second-order valence-electron chi connectivity index (χ2n) is 12.1. The summed E-state index contributed by atoms with van der Waals surface area (Å²) in [6, 6.07) is 24.1. The Balaban J connectivity index is 1.38. The van der Waals surface area contributed by atoms with Gasteiger partial charge in [-0.25, -0.2) is 0 Å². The van der Waals surface area contributed by atoms with Crippen LogP contribution in [-0.2, 0) is 19.1 Å². The van der Waals surface area contributed by atoms with E-state index in [1.54, 1.807) is 12.1 Å². The van der Waals surface area contributed by atoms with Gasteiger partial charge in [-0.05, 0) is 75.6 Å². The Morgan fingerprint density at radius 2 is 1.50 bits per heavy atom. The summed E-state index contributed by atoms with van der Waals surface area (Å²) in [6.45, 7) is 7.39. The maximum Gasteiger partial charge on any atom is 0.250 e. The van der Waals surface area contributed by atoms with Gasteiger partial charge >= 0.3 is 0 Å². The van der Waals surface area contributed by atoms with Crippen LogP contribution in [0.15, 0.2) is 84.9 Å². The van der Waals surface area contributed by atoms with E-state index >= 15 is 0 Å². The van der Waals surface area contributed by atoms with Gasteiger partial charge in [-0.1, -0.05) is 48.5 Å². The average Bonchev–Trinajstić information content (AvgIpc) is 3.61. The van der Waals surface area contributed by atoms with E-state index in [9.17, 15) is 19.5 Å². The summed E-state index contributed by atoms with van der Waals surface area (Å²) in [5.41, 5.74) is 0.823. The summed E-state index contributed by atoms with van der Waals surface area (Å²) in [4.78, 5) is 46.5. The second-order valence-corrected chi connectivity index (χ2v) is 12.1. The molecule has 0 aromatic heterocycles. The molecule has 1 spiro atoms. The molecule has 3 aromatic rings. The summed E-state index contributed by atoms with van der Waals surface area (Å²) >= 11 is 0. The number of amides is 3. The predicted octanol–water partition coefficient (Wildman–Crippen LogP) is 4.61. The van der Waals surface area contributed by atoms with Crippen LogP contribution >= 0.6 is 0 Å². The molecule has 6 rings (SSSR count). The molecule has 2 unspecified atom stereocenters. The van der Waals surface area contributed by atoms with Crippen molar-refractivity contribution in [2.75, 3.05) is 35.2 Å². The highest BCUT2D eigenvalue weighted by Gasteiger charge is 2.78. The fourth-order valence-corrected chi connectivity index (χ4v) is 7.73. The van der Waals surface area contributed by atoms with Crippen LogP contribution in [0.2, 0.25) is 0 Å². The maximum absolute atomic E-state index is 14.6. The summed E-state index contributed by atoms with van der Waals surface area (Å²) in [7, 11) is 0. The summed E-state index contributed by atoms with van der Waals surface area (Å²) in [6.07, 6.45) is 0.965. The molecule has 0 saturated carbocycles. The molecule has 230 valence electrons. The number of ether oxygens (including phenoxy) is 1. The Bertz CT molecular complexity index is 1510. The van der Waals surface area contributed by atoms with Crippen molar-refractivity contribution in [3.8, 4) is 0 Å². The van der Waals surface area contributed by atoms with Gasteiger partial charge in [0.15, 0.2) is 0 Å². The van der Waals surface area contributed by atoms with Crippen LogP contribution in [0.3, 0.4) is 0 Å². The lowest BCUT2D eigenvalue weighted by Crippen LogP contribution is -2.54. The summed E-state index contributed by atoms with van der Waals surface area (Å²) in [5.74, 6) is -2.77. The highest BCUT2D eigenvalue weighted by Crippen LogP contribution is 2.64. The zero-order valence-electron chi connectivity index (χ0n) is 25.4. The van der Waals surface area contributed by atoms with Crippen LogP contribution in [-0.4, -0.2) is 64.7 Å². The lowest BCUT2D eigenvalue weighted by atomic mass is 9.66. The smallest absolute Gasteiger partial charge is 0.250 e. The van der Waals surface area contributed by atoms with Gasteiger partial charge in [0.25, 0.3) is 0 Å². The Morgan fingerprint density at radius 1 is 0.909 bits per heavy atom. The van der Waals surface area contributed by atoms with Crippen molar-refractivity contribution in [2.45, 2.75) is 56.9 Å². The lowest BCUT2D eigenvalue weighted by Gasteiger charge is -2.37. The highest BCUT2D eigenvalue weighted by molar-refractivity contribution is 6.05. The van der Waals surface area contributed by atoms with Crippen molar-refractivity contribution in [1.29, 1.82) is 0 Å². The van der Waals surface area contributed by atoms with Crippen molar-refractivity contribution >= 4 is 34.8 Å². The molecule has 0 aliphatic carbocycles. The topological polar surface area (TPSA) is 111 Å². The number of anilines is 3. The number of hydrogen-bond donors (Lipinski definition) is 3. The third kappa shape index (κ3) is 4.84. The monoisotopic (exact) mass is 596 g/mol. The van der Waals surface area contributed by atoms with Gasteiger partial charge in [0.1, 0.15) is 11.6 Å². The van der Waals surface area contributed by atoms with Crippen molar-refractivity contribution in [3.63, 3.8) is 0 Å². The number of para-hydroxylation sites is 1. The fourth-order valence-electron chi connectivity index (χ4n) is 7.73. The first-order valence-electron chi connectivity index (χ1n) is 15.5. The summed E-state index contributed by atoms with van der Waals surface area (Å²) in [5, 5.41) is 16.7. The zero-order valence-corrected chi connectivity index (χ0v) is 25.4. The number of fused-ring (bicyclic) bond motifs is 1. The highest BCUT2D eigenvalue weighted by atomic mass is 16.5. The van der Waals surface area contributed by atoms with E-state index in [0.29, 0.717) is 29.8 Å². The van der Waals surface area contributed by atoms with Gasteiger partial charge in [0.05, 0.1) is 30.1 Å². The molecule has 44 heavy (non-hydrogen) atoms. The van der Waals surface area contributed by atoms with Crippen LogP contribution in [0.1, 0.15) is 45.2 Å². The van der Waals surface area contributed by atoms with Crippen LogP contribution in [0.25, 0.3) is 0 Å². The number of benzene rings is 3. The Kier molecular flexibility index (Phi) is 7.94. The number of rotatable bonds is 10. The standard InChI is InChI=1S/C35H40N4O5/c1-4-38(5-2)26-18-16-25(17-19-26)37-32(42)30-35-21-20-34(3,44-35)28(31(41)36-24-14-10-7-11-15-24)29(35)33(43)39(30)27(22-40)23-12-8-6-9-13-23/h6-19,27-30,40H,4-5,20-22H2,1-3H3,(H,36,41)(H,37,42)/t27-,28-,29+,30?,34+,35?/m1/s1. The van der Waals surface area contributed by atoms with Crippen LogP contribution < -0.4 is 15.5 Å². The first-order valence-corrected chi connectivity index (χ1v) is 15.5. The quantitative estimate of drug-likeness (QED) is 0.315. The molecule has 9 nitrogen and oxygen atoms in total. The molecule has 3 N–H and O–H groups in total. The molecule has 9 heteroatoms. The van der Waals surface area contributed by atoms with E-state index in [1.807, 2.05) is 79.7 Å². The molecular weight excluding hydrogens is 556 g/mol. The number of carbonyl (C=O) groups is 3. The Hall–Kier alpha value is -4.21. The largest absolute Gasteiger partial charge is 0.394 e. The molecule has 3 amide bonds. The molecule has 2 bridgehead atoms. The van der Waals surface area contributed by atoms with E-state index in [2.05, 4.69) is 29.4 Å². The van der Waals surface area contributed by atoms with E-state index in [1.165, 1.54) is 4.90 Å². The Morgan fingerprint density at radius 3 is 2.11 bits per heavy atom. The Labute approximate surface area is 258 Å². The van der Waals surface area contributed by atoms with Gasteiger partial charge in [-0.3, -0.25) is 14.4 Å². The van der Waals surface area contributed by atoms with Gasteiger partial charge in [-0.15, -0.1) is 0 Å². The van der Waals surface area contributed by atoms with Gasteiger partial charge in [0, 0.05) is 30.2 Å². The normalized spacial score (nSPS) is 27.6. The van der Waals surface area contributed by atoms with E-state index in [-0.39, 0.29) is 18.4 Å². The molecule has 0 radical (unpaired) electrons. The third-order valence-electron chi connectivity index (χ3n) is 9.74. The lowest BCUT2D eigenvalue weighted by molar-refractivity contribution is -0.147. The number of aliphatic hydroxyl groups excluding tert-OH is 1. The van der Waals surface area contributed by atoms with Crippen LogP contribution in [0, 0.1) is 11.8 Å². The van der Waals surface area contributed by atoms with E-state index in [4.69, 9.17) is 4.74 Å². The molecule has 3 heterocycles. The minimum absolute atomic E-state index is 0.313. The van der Waals surface area contributed by atoms with Crippen molar-refractivity contribution < 1.29 is 24.2 Å². The maximum atomic E-state index is 14.6. The molecule has 3 aromatic carbocycles. The first kappa shape index (κ1) is 29.8. The number of nitrogens with one attached hydrogen (secondary N) is 2. The minimum Gasteiger partial charge on any atom is -0.394 e. The van der Waals surface area contributed by atoms with Gasteiger partial charge < -0.3 is 30.3 Å². The van der Waals surface area contributed by atoms with Crippen molar-refractivity contribution in [2.24, 2.45) is 11.8 Å². The van der Waals surface area contributed by atoms with E-state index in [0.717, 1.165) is 18.8 Å². The van der Waals surface area contributed by atoms with E-state index < -0.39 is 41.0 Å². The zero-order chi connectivity index (χ0) is 31.1. The first-order chi connectivity index (χ1) is 21.3. The fraction of sp³-hybridized carbons (Fsp3) is 0.400. The molecule has 3 aliphatic rings. The van der Waals surface area contributed by atoms with Crippen LogP contribution in [0.4, 0.5) is 17.1 Å². The average molecular weight is 597 g/mol. The molecule has 3 aliphatic heterocycles. The third-order valence-corrected chi connectivity index (χ3v) is 9.74. The van der Waals surface area contributed by atoms with Gasteiger partial charge in [-0.2, -0.15) is 0 Å². The molecule has 3 saturated heterocycles. The number of hydrogen-bond acceptors (Lipinski definition) is 6. The SMILES string of the molecule is CCN(CC)c1ccc(NC(=O)C2N([C@H](CO)c3ccccc3)C(=O)[C@@H]3[C@H](C(=O)Nc4ccccc4)[C@]4(C)CCC23O4)cc1. The molecular formula is C35H40N4O5. The number of likely N-dealkylation sites (tertiary alicyclic amines) is 1. The van der Waals surface area contributed by atoms with Gasteiger partial charge in [0.2, 0.25) is 17.7 Å². The number of aliphatic hydroxyl groups is 1. The predicted molar refractivity (Wildman–Crippen MR) is 169 cm³/mol. The second kappa shape index (κ2) is 11.7. The molecule has 3 fully saturated rings. The number of nitrogens with zero attached hydrogens (tertiary/aromatic N) is 2. The van der Waals surface area contributed by atoms with Crippen LogP contribution in [0.5, 0.6) is 0 Å².